The number of amides is 1. The minimum absolute atomic E-state index is 0.319. The summed E-state index contributed by atoms with van der Waals surface area (Å²) in [5.74, 6) is -0.155. The first-order chi connectivity index (χ1) is 8.75. The number of pyridine rings is 1. The summed E-state index contributed by atoms with van der Waals surface area (Å²) >= 11 is 0. The van der Waals surface area contributed by atoms with E-state index in [2.05, 4.69) is 15.1 Å². The number of hydrogen-bond acceptors (Lipinski definition) is 4. The van der Waals surface area contributed by atoms with Crippen molar-refractivity contribution in [3.63, 3.8) is 0 Å². The van der Waals surface area contributed by atoms with E-state index in [0.717, 1.165) is 10.9 Å². The van der Waals surface area contributed by atoms with Crippen molar-refractivity contribution in [3.05, 3.63) is 48.5 Å². The number of nitrogens with two attached hydrogens (primary N) is 1. The Bertz CT molecular complexity index is 720. The number of aromatic nitrogens is 4. The van der Waals surface area contributed by atoms with Gasteiger partial charge in [-0.15, -0.1) is 0 Å². The Balaban J connectivity index is 2.34. The van der Waals surface area contributed by atoms with Gasteiger partial charge in [0.05, 0.1) is 11.1 Å². The van der Waals surface area contributed by atoms with Crippen LogP contribution >= 0.6 is 0 Å². The molecule has 0 unspecified atom stereocenters. The van der Waals surface area contributed by atoms with Gasteiger partial charge in [-0.2, -0.15) is 5.10 Å². The largest absolute Gasteiger partial charge is 0.365 e. The smallest absolute Gasteiger partial charge is 0.252 e. The van der Waals surface area contributed by atoms with Crippen LogP contribution in [0.5, 0.6) is 0 Å². The van der Waals surface area contributed by atoms with E-state index in [1.165, 1.54) is 17.3 Å². The summed E-state index contributed by atoms with van der Waals surface area (Å²) in [6.45, 7) is 0. The zero-order valence-corrected chi connectivity index (χ0v) is 9.32. The minimum Gasteiger partial charge on any atom is -0.365 e. The van der Waals surface area contributed by atoms with Gasteiger partial charge in [0.1, 0.15) is 12.7 Å². The van der Waals surface area contributed by atoms with E-state index in [-0.39, 0.29) is 0 Å². The number of carbonyl (C=O) groups excluding carboxylic acids is 1. The van der Waals surface area contributed by atoms with Crippen molar-refractivity contribution >= 4 is 16.8 Å². The number of fused-ring (bicyclic) bond motifs is 1. The molecule has 0 aliphatic heterocycles. The second-order valence-electron chi connectivity index (χ2n) is 3.76. The number of hydrogen-bond donors (Lipinski definition) is 1. The third kappa shape index (κ3) is 1.60. The molecule has 0 atom stereocenters. The van der Waals surface area contributed by atoms with E-state index in [1.807, 2.05) is 24.3 Å². The highest BCUT2D eigenvalue weighted by Crippen LogP contribution is 2.18. The summed E-state index contributed by atoms with van der Waals surface area (Å²) in [7, 11) is 0. The van der Waals surface area contributed by atoms with Crippen LogP contribution in [0.3, 0.4) is 0 Å². The Hall–Kier alpha value is -2.76. The van der Waals surface area contributed by atoms with E-state index >= 15 is 0 Å². The summed E-state index contributed by atoms with van der Waals surface area (Å²) in [4.78, 5) is 19.7. The van der Waals surface area contributed by atoms with Crippen molar-refractivity contribution in [1.29, 1.82) is 0 Å². The van der Waals surface area contributed by atoms with Crippen molar-refractivity contribution in [2.75, 3.05) is 0 Å². The molecule has 0 spiro atoms. The SMILES string of the molecule is NC(=O)c1cc2ccccc2nc1-n1cncn1. The Labute approximate surface area is 102 Å². The number of benzene rings is 1. The molecule has 0 saturated heterocycles. The van der Waals surface area contributed by atoms with Crippen LogP contribution in [0.4, 0.5) is 0 Å². The molecule has 3 aromatic rings. The lowest BCUT2D eigenvalue weighted by atomic mass is 10.1. The molecular weight excluding hydrogens is 230 g/mol. The fourth-order valence-corrected chi connectivity index (χ4v) is 1.78. The molecule has 1 amide bonds. The molecule has 6 nitrogen and oxygen atoms in total. The average Bonchev–Trinajstić information content (AvgIpc) is 2.91. The number of carbonyl (C=O) groups is 1. The van der Waals surface area contributed by atoms with Gasteiger partial charge in [-0.3, -0.25) is 4.79 Å². The van der Waals surface area contributed by atoms with Crippen LogP contribution in [0.15, 0.2) is 43.0 Å². The first-order valence-corrected chi connectivity index (χ1v) is 5.30. The lowest BCUT2D eigenvalue weighted by Crippen LogP contribution is -2.16. The molecule has 0 saturated carbocycles. The van der Waals surface area contributed by atoms with Crippen LogP contribution in [0.2, 0.25) is 0 Å². The highest BCUT2D eigenvalue weighted by Gasteiger charge is 2.13. The number of primary amides is 1. The second-order valence-corrected chi connectivity index (χ2v) is 3.76. The van der Waals surface area contributed by atoms with Crippen molar-refractivity contribution in [3.8, 4) is 5.82 Å². The average molecular weight is 239 g/mol. The maximum atomic E-state index is 11.5. The van der Waals surface area contributed by atoms with Gasteiger partial charge in [0.25, 0.3) is 5.91 Å². The van der Waals surface area contributed by atoms with Crippen LogP contribution in [0.1, 0.15) is 10.4 Å². The van der Waals surface area contributed by atoms with Gasteiger partial charge >= 0.3 is 0 Å². The highest BCUT2D eigenvalue weighted by atomic mass is 16.1. The van der Waals surface area contributed by atoms with E-state index in [4.69, 9.17) is 5.73 Å². The molecule has 0 aliphatic carbocycles. The topological polar surface area (TPSA) is 86.7 Å². The van der Waals surface area contributed by atoms with E-state index in [0.29, 0.717) is 11.4 Å². The third-order valence-corrected chi connectivity index (χ3v) is 2.61. The predicted octanol–water partition coefficient (Wildman–Crippen LogP) is 0.914. The Kier molecular flexibility index (Phi) is 2.26. The van der Waals surface area contributed by atoms with Gasteiger partial charge in [0, 0.05) is 5.39 Å². The van der Waals surface area contributed by atoms with Gasteiger partial charge in [-0.1, -0.05) is 18.2 Å². The van der Waals surface area contributed by atoms with Gasteiger partial charge in [0.2, 0.25) is 0 Å². The predicted molar refractivity (Wildman–Crippen MR) is 65.2 cm³/mol. The normalized spacial score (nSPS) is 10.7. The minimum atomic E-state index is -0.543. The molecule has 6 heteroatoms. The second kappa shape index (κ2) is 3.92. The zero-order valence-electron chi connectivity index (χ0n) is 9.32. The number of nitrogens with zero attached hydrogens (tertiary/aromatic N) is 4. The fourth-order valence-electron chi connectivity index (χ4n) is 1.78. The molecule has 0 bridgehead atoms. The number of para-hydroxylation sites is 1. The molecule has 2 heterocycles. The van der Waals surface area contributed by atoms with Crippen molar-refractivity contribution in [1.82, 2.24) is 19.7 Å². The summed E-state index contributed by atoms with van der Waals surface area (Å²) < 4.78 is 1.42. The molecule has 2 aromatic heterocycles. The first kappa shape index (κ1) is 10.4. The summed E-state index contributed by atoms with van der Waals surface area (Å²) in [5, 5.41) is 4.83. The van der Waals surface area contributed by atoms with Crippen LogP contribution in [-0.4, -0.2) is 25.7 Å². The number of rotatable bonds is 2. The van der Waals surface area contributed by atoms with Crippen LogP contribution in [0.25, 0.3) is 16.7 Å². The molecule has 2 N–H and O–H groups in total. The molecule has 88 valence electrons. The van der Waals surface area contributed by atoms with Crippen molar-refractivity contribution in [2.45, 2.75) is 0 Å². The van der Waals surface area contributed by atoms with E-state index < -0.39 is 5.91 Å². The lowest BCUT2D eigenvalue weighted by Gasteiger charge is -2.07. The van der Waals surface area contributed by atoms with Gasteiger partial charge in [0.15, 0.2) is 5.82 Å². The van der Waals surface area contributed by atoms with Crippen LogP contribution in [0, 0.1) is 0 Å². The zero-order chi connectivity index (χ0) is 12.5. The standard InChI is InChI=1S/C12H9N5O/c13-11(18)9-5-8-3-1-2-4-10(8)16-12(9)17-7-14-6-15-17/h1-7H,(H2,13,18). The summed E-state index contributed by atoms with van der Waals surface area (Å²) in [6, 6.07) is 9.20. The van der Waals surface area contributed by atoms with Crippen LogP contribution < -0.4 is 5.73 Å². The van der Waals surface area contributed by atoms with E-state index in [9.17, 15) is 4.79 Å². The van der Waals surface area contributed by atoms with E-state index in [1.54, 1.807) is 6.07 Å². The van der Waals surface area contributed by atoms with Gasteiger partial charge in [-0.25, -0.2) is 14.6 Å². The maximum Gasteiger partial charge on any atom is 0.252 e. The first-order valence-electron chi connectivity index (χ1n) is 5.30. The molecule has 0 fully saturated rings. The Morgan fingerprint density at radius 3 is 2.83 bits per heavy atom. The Morgan fingerprint density at radius 1 is 1.28 bits per heavy atom. The van der Waals surface area contributed by atoms with Crippen molar-refractivity contribution in [2.24, 2.45) is 5.73 Å². The molecule has 0 radical (unpaired) electrons. The Morgan fingerprint density at radius 2 is 2.11 bits per heavy atom. The summed E-state index contributed by atoms with van der Waals surface area (Å²) in [6.07, 6.45) is 2.85. The van der Waals surface area contributed by atoms with Gasteiger partial charge in [-0.05, 0) is 12.1 Å². The monoisotopic (exact) mass is 239 g/mol. The highest BCUT2D eigenvalue weighted by molar-refractivity contribution is 5.99. The third-order valence-electron chi connectivity index (χ3n) is 2.61. The van der Waals surface area contributed by atoms with Crippen molar-refractivity contribution < 1.29 is 4.79 Å². The quantitative estimate of drug-likeness (QED) is 0.720. The molecule has 1 aromatic carbocycles. The fraction of sp³-hybridized carbons (Fsp3) is 0. The van der Waals surface area contributed by atoms with Crippen LogP contribution in [-0.2, 0) is 0 Å². The molecular formula is C12H9N5O. The lowest BCUT2D eigenvalue weighted by molar-refractivity contribution is 0.1000. The van der Waals surface area contributed by atoms with Gasteiger partial charge < -0.3 is 5.73 Å². The summed E-state index contributed by atoms with van der Waals surface area (Å²) in [5.41, 5.74) is 6.46. The molecule has 3 rings (SSSR count). The maximum absolute atomic E-state index is 11.5. The molecule has 18 heavy (non-hydrogen) atoms. The molecule has 0 aliphatic rings.